The van der Waals surface area contributed by atoms with E-state index in [0.717, 1.165) is 48.7 Å². The summed E-state index contributed by atoms with van der Waals surface area (Å²) in [5, 5.41) is 0. The second-order valence-electron chi connectivity index (χ2n) is 7.48. The topological polar surface area (TPSA) is 261 Å². The Morgan fingerprint density at radius 3 is 1.05 bits per heavy atom. The van der Waals surface area contributed by atoms with Crippen molar-refractivity contribution in [1.29, 1.82) is 0 Å². The number of hydrogen-bond acceptors (Lipinski definition) is 14. The van der Waals surface area contributed by atoms with Gasteiger partial charge in [-0.25, -0.2) is 37.3 Å². The van der Waals surface area contributed by atoms with Crippen molar-refractivity contribution in [2.45, 2.75) is 12.8 Å². The molecular formula is C26H26Cl2CoN6O8. The zero-order valence-corrected chi connectivity index (χ0v) is 24.8. The van der Waals surface area contributed by atoms with Gasteiger partial charge in [-0.15, -0.1) is 20.5 Å². The quantitative estimate of drug-likeness (QED) is 0.158. The Kier molecular flexibility index (Phi) is 21.4. The van der Waals surface area contributed by atoms with Crippen LogP contribution in [-0.4, -0.2) is 45.5 Å². The summed E-state index contributed by atoms with van der Waals surface area (Å²) in [6.45, 7) is 1.49. The van der Waals surface area contributed by atoms with Crippen LogP contribution in [0.15, 0.2) is 108 Å². The van der Waals surface area contributed by atoms with E-state index < -0.39 is 20.5 Å². The van der Waals surface area contributed by atoms with Crippen molar-refractivity contribution >= 4 is 12.4 Å². The van der Waals surface area contributed by atoms with Gasteiger partial charge in [0.2, 0.25) is 0 Å². The van der Waals surface area contributed by atoms with E-state index in [9.17, 15) is 0 Å². The van der Waals surface area contributed by atoms with Crippen molar-refractivity contribution in [2.75, 3.05) is 13.1 Å². The maximum absolute atomic E-state index is 8.49. The first-order chi connectivity index (χ1) is 19.9. The molecule has 0 unspecified atom stereocenters. The molecular weight excluding hydrogens is 654 g/mol. The van der Waals surface area contributed by atoms with Crippen LogP contribution in [0.4, 0.5) is 0 Å². The molecule has 0 aliphatic rings. The molecule has 4 heterocycles. The standard InChI is InChI=1S/2C13H13N3.2ClHO4.Co/c2*1-3-8-15-12(5-1)7-10-14-11-13-6-2-4-9-16-13;2*2-1(3,4)5;/h2*1-6,8-9,11H,7,10H2;2*(H,2,3,4,5);/q;;;;+2/p-2. The largest absolute Gasteiger partial charge is 2.00 e. The smallest absolute Gasteiger partial charge is 0.291 e. The van der Waals surface area contributed by atoms with Crippen molar-refractivity contribution in [3.63, 3.8) is 0 Å². The summed E-state index contributed by atoms with van der Waals surface area (Å²) < 4.78 is 67.9. The van der Waals surface area contributed by atoms with Gasteiger partial charge in [0.15, 0.2) is 0 Å². The Balaban J connectivity index is 0.000000617. The fourth-order valence-corrected chi connectivity index (χ4v) is 2.67. The van der Waals surface area contributed by atoms with E-state index in [1.165, 1.54) is 0 Å². The van der Waals surface area contributed by atoms with Gasteiger partial charge in [-0.1, -0.05) is 24.3 Å². The predicted octanol–water partition coefficient (Wildman–Crippen LogP) is -5.24. The fraction of sp³-hybridized carbons (Fsp3) is 0.154. The number of halogens is 2. The Hall–Kier alpha value is -3.29. The van der Waals surface area contributed by atoms with E-state index in [2.05, 4.69) is 29.9 Å². The molecule has 0 amide bonds. The number of hydrogen-bond donors (Lipinski definition) is 0. The van der Waals surface area contributed by atoms with Gasteiger partial charge in [0.25, 0.3) is 0 Å². The van der Waals surface area contributed by atoms with Gasteiger partial charge in [-0.2, -0.15) is 0 Å². The van der Waals surface area contributed by atoms with Crippen LogP contribution in [0.5, 0.6) is 0 Å². The van der Waals surface area contributed by atoms with Crippen molar-refractivity contribution in [3.05, 3.63) is 120 Å². The predicted molar refractivity (Wildman–Crippen MR) is 129 cm³/mol. The second kappa shape index (κ2) is 23.2. The van der Waals surface area contributed by atoms with Crippen LogP contribution in [0.2, 0.25) is 0 Å². The van der Waals surface area contributed by atoms with E-state index in [0.29, 0.717) is 0 Å². The minimum Gasteiger partial charge on any atom is -0.291 e. The Labute approximate surface area is 262 Å². The third-order valence-corrected chi connectivity index (χ3v) is 4.27. The molecule has 0 saturated heterocycles. The zero-order valence-electron chi connectivity index (χ0n) is 22.3. The van der Waals surface area contributed by atoms with Crippen molar-refractivity contribution in [2.24, 2.45) is 9.98 Å². The zero-order chi connectivity index (χ0) is 31.1. The molecule has 43 heavy (non-hydrogen) atoms. The van der Waals surface area contributed by atoms with Crippen LogP contribution < -0.4 is 37.3 Å². The Morgan fingerprint density at radius 2 is 0.791 bits per heavy atom. The Morgan fingerprint density at radius 1 is 0.488 bits per heavy atom. The minimum atomic E-state index is -4.94. The summed E-state index contributed by atoms with van der Waals surface area (Å²) >= 11 is 0. The van der Waals surface area contributed by atoms with E-state index in [4.69, 9.17) is 37.3 Å². The van der Waals surface area contributed by atoms with Gasteiger partial charge in [0.1, 0.15) is 0 Å². The van der Waals surface area contributed by atoms with Crippen molar-refractivity contribution in [1.82, 2.24) is 19.9 Å². The third kappa shape index (κ3) is 28.6. The van der Waals surface area contributed by atoms with E-state index in [1.807, 2.05) is 72.8 Å². The summed E-state index contributed by atoms with van der Waals surface area (Å²) in [6.07, 6.45) is 12.5. The second-order valence-corrected chi connectivity index (χ2v) is 8.99. The molecule has 0 spiro atoms. The van der Waals surface area contributed by atoms with E-state index in [-0.39, 0.29) is 16.8 Å². The summed E-state index contributed by atoms with van der Waals surface area (Å²) in [5.41, 5.74) is 3.92. The monoisotopic (exact) mass is 679 g/mol. The molecule has 0 aliphatic carbocycles. The molecule has 17 heteroatoms. The minimum absolute atomic E-state index is 0. The van der Waals surface area contributed by atoms with Crippen LogP contribution in [0.25, 0.3) is 0 Å². The first kappa shape index (κ1) is 39.7. The summed E-state index contributed by atoms with van der Waals surface area (Å²) in [7, 11) is -9.89. The first-order valence-electron chi connectivity index (χ1n) is 11.7. The van der Waals surface area contributed by atoms with Gasteiger partial charge >= 0.3 is 16.8 Å². The summed E-state index contributed by atoms with van der Waals surface area (Å²) in [4.78, 5) is 25.4. The van der Waals surface area contributed by atoms with Crippen LogP contribution in [0.3, 0.4) is 0 Å². The molecule has 0 N–H and O–H groups in total. The molecule has 0 aromatic carbocycles. The van der Waals surface area contributed by atoms with Gasteiger partial charge in [0, 0.05) is 74.5 Å². The number of aliphatic imine (C=N–C) groups is 2. The first-order valence-corrected chi connectivity index (χ1v) is 14.2. The molecule has 0 fully saturated rings. The van der Waals surface area contributed by atoms with Gasteiger partial charge in [0.05, 0.1) is 11.4 Å². The third-order valence-electron chi connectivity index (χ3n) is 4.27. The number of nitrogens with zero attached hydrogens (tertiary/aromatic N) is 6. The fourth-order valence-electron chi connectivity index (χ4n) is 2.67. The molecule has 231 valence electrons. The summed E-state index contributed by atoms with van der Waals surface area (Å²) in [6, 6.07) is 23.4. The van der Waals surface area contributed by atoms with Gasteiger partial charge < -0.3 is 0 Å². The number of pyridine rings is 4. The average molecular weight is 680 g/mol. The van der Waals surface area contributed by atoms with E-state index >= 15 is 0 Å². The maximum atomic E-state index is 8.49. The Bertz CT molecular complexity index is 1160. The van der Waals surface area contributed by atoms with Crippen LogP contribution in [0, 0.1) is 20.5 Å². The average Bonchev–Trinajstić information content (AvgIpc) is 2.94. The molecule has 14 nitrogen and oxygen atoms in total. The molecule has 4 aromatic rings. The van der Waals surface area contributed by atoms with E-state index in [1.54, 1.807) is 37.2 Å². The molecule has 4 rings (SSSR count). The summed E-state index contributed by atoms with van der Waals surface area (Å²) in [5.74, 6) is 0. The molecule has 0 saturated carbocycles. The molecule has 0 atom stereocenters. The SMILES string of the molecule is C(=NCCc1ccccn1)c1ccccn1.C(=NCCc1ccccn1)c1ccccn1.[Co+2].[O-][Cl+3]([O-])([O-])[O-].[O-][Cl+3]([O-])([O-])[O-]. The van der Waals surface area contributed by atoms with Crippen molar-refractivity contribution in [3.8, 4) is 0 Å². The van der Waals surface area contributed by atoms with Gasteiger partial charge in [-0.3, -0.25) is 29.9 Å². The number of rotatable bonds is 8. The molecule has 0 bridgehead atoms. The molecule has 1 radical (unpaired) electrons. The van der Waals surface area contributed by atoms with Crippen LogP contribution in [0.1, 0.15) is 22.8 Å². The van der Waals surface area contributed by atoms with Crippen LogP contribution in [-0.2, 0) is 29.6 Å². The van der Waals surface area contributed by atoms with Crippen molar-refractivity contribution < 1.29 is 74.5 Å². The van der Waals surface area contributed by atoms with Gasteiger partial charge in [-0.05, 0) is 48.5 Å². The molecule has 0 aliphatic heterocycles. The molecule has 4 aromatic heterocycles. The number of aromatic nitrogens is 4. The van der Waals surface area contributed by atoms with Crippen LogP contribution >= 0.6 is 0 Å². The maximum Gasteiger partial charge on any atom is 2.00 e. The normalized spacial score (nSPS) is 10.8.